The van der Waals surface area contributed by atoms with Crippen LogP contribution in [0.3, 0.4) is 0 Å². The van der Waals surface area contributed by atoms with Gasteiger partial charge in [-0.05, 0) is 48.7 Å². The van der Waals surface area contributed by atoms with Gasteiger partial charge in [0.1, 0.15) is 0 Å². The molecular formula is C16H18BrN. The van der Waals surface area contributed by atoms with E-state index in [1.54, 1.807) is 0 Å². The van der Waals surface area contributed by atoms with Gasteiger partial charge in [0.05, 0.1) is 0 Å². The van der Waals surface area contributed by atoms with Crippen molar-refractivity contribution in [3.8, 4) is 0 Å². The van der Waals surface area contributed by atoms with E-state index < -0.39 is 0 Å². The highest BCUT2D eigenvalue weighted by molar-refractivity contribution is 9.10. The van der Waals surface area contributed by atoms with Gasteiger partial charge < -0.3 is 5.73 Å². The minimum atomic E-state index is 0.389. The molecule has 2 N–H and O–H groups in total. The molecule has 0 saturated carbocycles. The minimum Gasteiger partial charge on any atom is -0.330 e. The molecule has 0 aliphatic heterocycles. The first-order valence-electron chi connectivity index (χ1n) is 6.20. The van der Waals surface area contributed by atoms with Crippen molar-refractivity contribution in [1.29, 1.82) is 0 Å². The van der Waals surface area contributed by atoms with Gasteiger partial charge >= 0.3 is 0 Å². The number of rotatable bonds is 4. The summed E-state index contributed by atoms with van der Waals surface area (Å²) >= 11 is 3.51. The Bertz CT molecular complexity index is 522. The molecule has 0 heterocycles. The van der Waals surface area contributed by atoms with E-state index in [-0.39, 0.29) is 0 Å². The average Bonchev–Trinajstić information content (AvgIpc) is 2.37. The lowest BCUT2D eigenvalue weighted by molar-refractivity contribution is 0.690. The molecule has 18 heavy (non-hydrogen) atoms. The summed E-state index contributed by atoms with van der Waals surface area (Å²) < 4.78 is 1.13. The van der Waals surface area contributed by atoms with E-state index in [1.807, 2.05) is 0 Å². The summed E-state index contributed by atoms with van der Waals surface area (Å²) in [7, 11) is 0. The Morgan fingerprint density at radius 3 is 2.56 bits per heavy atom. The lowest BCUT2D eigenvalue weighted by Crippen LogP contribution is -2.16. The quantitative estimate of drug-likeness (QED) is 0.906. The maximum absolute atomic E-state index is 5.95. The summed E-state index contributed by atoms with van der Waals surface area (Å²) in [6, 6.07) is 17.0. The van der Waals surface area contributed by atoms with Crippen LogP contribution in [0.15, 0.2) is 53.0 Å². The first-order valence-corrected chi connectivity index (χ1v) is 7.00. The summed E-state index contributed by atoms with van der Waals surface area (Å²) in [5.41, 5.74) is 9.95. The monoisotopic (exact) mass is 303 g/mol. The molecule has 1 atom stereocenters. The van der Waals surface area contributed by atoms with Crippen molar-refractivity contribution < 1.29 is 0 Å². The van der Waals surface area contributed by atoms with Crippen LogP contribution in [-0.2, 0) is 6.42 Å². The fraction of sp³-hybridized carbons (Fsp3) is 0.250. The molecule has 0 amide bonds. The third-order valence-corrected chi connectivity index (χ3v) is 3.78. The Kier molecular flexibility index (Phi) is 4.56. The maximum atomic E-state index is 5.95. The minimum absolute atomic E-state index is 0.389. The van der Waals surface area contributed by atoms with Crippen LogP contribution in [0.4, 0.5) is 0 Å². The SMILES string of the molecule is Cc1ccccc1C(CN)Cc1cccc(Br)c1. The van der Waals surface area contributed by atoms with E-state index in [9.17, 15) is 0 Å². The van der Waals surface area contributed by atoms with Gasteiger partial charge in [0.2, 0.25) is 0 Å². The Labute approximate surface area is 117 Å². The van der Waals surface area contributed by atoms with Crippen LogP contribution in [0, 0.1) is 6.92 Å². The molecule has 0 aromatic heterocycles. The lowest BCUT2D eigenvalue weighted by Gasteiger charge is -2.17. The second-order valence-electron chi connectivity index (χ2n) is 4.62. The molecule has 94 valence electrons. The van der Waals surface area contributed by atoms with E-state index >= 15 is 0 Å². The Balaban J connectivity index is 2.23. The van der Waals surface area contributed by atoms with Gasteiger partial charge in [0.25, 0.3) is 0 Å². The number of hydrogen-bond donors (Lipinski definition) is 1. The second kappa shape index (κ2) is 6.17. The van der Waals surface area contributed by atoms with Crippen molar-refractivity contribution in [3.63, 3.8) is 0 Å². The van der Waals surface area contributed by atoms with Gasteiger partial charge in [0.15, 0.2) is 0 Å². The van der Waals surface area contributed by atoms with E-state index in [4.69, 9.17) is 5.73 Å². The summed E-state index contributed by atoms with van der Waals surface area (Å²) in [4.78, 5) is 0. The Morgan fingerprint density at radius 1 is 1.11 bits per heavy atom. The van der Waals surface area contributed by atoms with E-state index in [0.717, 1.165) is 10.9 Å². The fourth-order valence-corrected chi connectivity index (χ4v) is 2.76. The molecule has 2 heteroatoms. The number of hydrogen-bond acceptors (Lipinski definition) is 1. The molecule has 0 aliphatic carbocycles. The van der Waals surface area contributed by atoms with Gasteiger partial charge in [-0.2, -0.15) is 0 Å². The van der Waals surface area contributed by atoms with Crippen molar-refractivity contribution in [2.45, 2.75) is 19.3 Å². The van der Waals surface area contributed by atoms with Crippen LogP contribution < -0.4 is 5.73 Å². The molecule has 1 unspecified atom stereocenters. The third kappa shape index (κ3) is 3.21. The molecular weight excluding hydrogens is 286 g/mol. The summed E-state index contributed by atoms with van der Waals surface area (Å²) in [6.45, 7) is 2.83. The molecule has 1 nitrogen and oxygen atoms in total. The zero-order valence-electron chi connectivity index (χ0n) is 10.6. The van der Waals surface area contributed by atoms with Crippen molar-refractivity contribution in [3.05, 3.63) is 69.7 Å². The highest BCUT2D eigenvalue weighted by Gasteiger charge is 2.12. The highest BCUT2D eigenvalue weighted by atomic mass is 79.9. The van der Waals surface area contributed by atoms with Gasteiger partial charge in [-0.3, -0.25) is 0 Å². The zero-order valence-corrected chi connectivity index (χ0v) is 12.2. The molecule has 0 saturated heterocycles. The van der Waals surface area contributed by atoms with Crippen molar-refractivity contribution >= 4 is 15.9 Å². The largest absolute Gasteiger partial charge is 0.330 e. The Morgan fingerprint density at radius 2 is 1.89 bits per heavy atom. The predicted molar refractivity (Wildman–Crippen MR) is 80.8 cm³/mol. The van der Waals surface area contributed by atoms with Crippen LogP contribution in [0.5, 0.6) is 0 Å². The van der Waals surface area contributed by atoms with Crippen LogP contribution in [0.2, 0.25) is 0 Å². The first kappa shape index (κ1) is 13.3. The number of aryl methyl sites for hydroxylation is 1. The van der Waals surface area contributed by atoms with Crippen LogP contribution in [-0.4, -0.2) is 6.54 Å². The van der Waals surface area contributed by atoms with Gasteiger partial charge in [0, 0.05) is 10.4 Å². The Hall–Kier alpha value is -1.12. The van der Waals surface area contributed by atoms with Crippen LogP contribution in [0.25, 0.3) is 0 Å². The van der Waals surface area contributed by atoms with E-state index in [2.05, 4.69) is 71.4 Å². The number of benzene rings is 2. The van der Waals surface area contributed by atoms with Crippen LogP contribution in [0.1, 0.15) is 22.6 Å². The average molecular weight is 304 g/mol. The molecule has 0 spiro atoms. The lowest BCUT2D eigenvalue weighted by atomic mass is 9.89. The first-order chi connectivity index (χ1) is 8.70. The standard InChI is InChI=1S/C16H18BrN/c1-12-5-2-3-8-16(12)14(11-18)9-13-6-4-7-15(17)10-13/h2-8,10,14H,9,11,18H2,1H3. The highest BCUT2D eigenvalue weighted by Crippen LogP contribution is 2.24. The molecule has 2 rings (SSSR count). The molecule has 0 bridgehead atoms. The maximum Gasteiger partial charge on any atom is 0.0177 e. The molecule has 2 aromatic carbocycles. The fourth-order valence-electron chi connectivity index (χ4n) is 2.31. The molecule has 0 radical (unpaired) electrons. The zero-order chi connectivity index (χ0) is 13.0. The van der Waals surface area contributed by atoms with Crippen LogP contribution >= 0.6 is 15.9 Å². The number of halogens is 1. The smallest absolute Gasteiger partial charge is 0.0177 e. The summed E-state index contributed by atoms with van der Waals surface area (Å²) in [5.74, 6) is 0.389. The molecule has 0 fully saturated rings. The predicted octanol–water partition coefficient (Wildman–Crippen LogP) is 4.04. The van der Waals surface area contributed by atoms with Gasteiger partial charge in [-0.25, -0.2) is 0 Å². The summed E-state index contributed by atoms with van der Waals surface area (Å²) in [6.07, 6.45) is 0.987. The van der Waals surface area contributed by atoms with Crippen molar-refractivity contribution in [2.75, 3.05) is 6.54 Å². The van der Waals surface area contributed by atoms with Gasteiger partial charge in [-0.15, -0.1) is 0 Å². The normalized spacial score (nSPS) is 12.4. The number of nitrogens with two attached hydrogens (primary N) is 1. The topological polar surface area (TPSA) is 26.0 Å². The summed E-state index contributed by atoms with van der Waals surface area (Å²) in [5, 5.41) is 0. The molecule has 0 aliphatic rings. The third-order valence-electron chi connectivity index (χ3n) is 3.28. The van der Waals surface area contributed by atoms with E-state index in [0.29, 0.717) is 12.5 Å². The molecule has 2 aromatic rings. The van der Waals surface area contributed by atoms with Crippen molar-refractivity contribution in [1.82, 2.24) is 0 Å². The van der Waals surface area contributed by atoms with Gasteiger partial charge in [-0.1, -0.05) is 52.3 Å². The second-order valence-corrected chi connectivity index (χ2v) is 5.54. The van der Waals surface area contributed by atoms with E-state index in [1.165, 1.54) is 16.7 Å². The van der Waals surface area contributed by atoms with Crippen molar-refractivity contribution in [2.24, 2.45) is 5.73 Å².